The number of nitrogen functional groups attached to an aromatic ring is 1. The van der Waals surface area contributed by atoms with E-state index in [9.17, 15) is 20.3 Å². The summed E-state index contributed by atoms with van der Waals surface area (Å²) in [7, 11) is 0. The van der Waals surface area contributed by atoms with E-state index in [1.54, 1.807) is 13.8 Å². The molecule has 19 heteroatoms. The van der Waals surface area contributed by atoms with Crippen LogP contribution in [0, 0.1) is 33.8 Å². The Morgan fingerprint density at radius 1 is 0.745 bits per heavy atom. The molecule has 0 aromatic carbocycles. The molecule has 4 N–H and O–H groups in total. The fourth-order valence-corrected chi connectivity index (χ4v) is 7.94. The van der Waals surface area contributed by atoms with Crippen LogP contribution >= 0.6 is 46.4 Å². The van der Waals surface area contributed by atoms with Gasteiger partial charge in [0, 0.05) is 48.5 Å². The SMILES string of the molecule is CC1(C)O[C@@H]2[C@@H](CO)C[C@@H](Cc3nc(Cl)nc(Cl)c3N)[C@@H]2O1.CC1(C)O[C@@H]2[C@@H](CO)C[C@@H](Cc3nc(Cl)nc(Cl)c3[N+](=O)[O-])[C@@H]2O1.[Fe]. The van der Waals surface area contributed by atoms with Crippen LogP contribution in [-0.2, 0) is 48.9 Å². The first-order valence-electron chi connectivity index (χ1n) is 14.8. The van der Waals surface area contributed by atoms with Crippen molar-refractivity contribution in [2.24, 2.45) is 23.7 Å². The zero-order chi connectivity index (χ0) is 33.7. The number of nitrogens with two attached hydrogens (primary N) is 1. The fraction of sp³-hybridized carbons (Fsp3) is 0.714. The molecule has 8 atom stereocenters. The van der Waals surface area contributed by atoms with E-state index in [4.69, 9.17) is 71.1 Å². The Bertz CT molecular complexity index is 1480. The molecule has 2 aliphatic heterocycles. The molecule has 14 nitrogen and oxygen atoms in total. The van der Waals surface area contributed by atoms with Gasteiger partial charge in [-0.3, -0.25) is 10.1 Å². The molecule has 2 saturated carbocycles. The van der Waals surface area contributed by atoms with Crippen molar-refractivity contribution in [2.45, 2.75) is 89.4 Å². The number of ether oxygens (including phenoxy) is 4. The van der Waals surface area contributed by atoms with E-state index in [0.717, 1.165) is 6.42 Å². The molecule has 2 aliphatic carbocycles. The molecule has 2 saturated heterocycles. The number of fused-ring (bicyclic) bond motifs is 2. The minimum atomic E-state index is -0.756. The van der Waals surface area contributed by atoms with Gasteiger partial charge in [-0.1, -0.05) is 23.2 Å². The van der Waals surface area contributed by atoms with Gasteiger partial charge >= 0.3 is 5.69 Å². The summed E-state index contributed by atoms with van der Waals surface area (Å²) in [6, 6.07) is 0. The van der Waals surface area contributed by atoms with Crippen LogP contribution in [-0.4, -0.2) is 84.3 Å². The minimum absolute atomic E-state index is 0. The van der Waals surface area contributed by atoms with E-state index in [1.807, 2.05) is 13.8 Å². The van der Waals surface area contributed by atoms with Crippen molar-refractivity contribution in [3.05, 3.63) is 42.4 Å². The van der Waals surface area contributed by atoms with Crippen LogP contribution in [0.2, 0.25) is 20.9 Å². The Balaban J connectivity index is 0.000000209. The van der Waals surface area contributed by atoms with Gasteiger partial charge < -0.3 is 34.9 Å². The molecular weight excluding hydrogens is 746 g/mol. The van der Waals surface area contributed by atoms with Gasteiger partial charge in [0.2, 0.25) is 15.7 Å². The predicted molar refractivity (Wildman–Crippen MR) is 168 cm³/mol. The number of rotatable bonds is 7. The molecule has 0 unspecified atom stereocenters. The Hall–Kier alpha value is -1.20. The number of hydrogen-bond acceptors (Lipinski definition) is 13. The maximum atomic E-state index is 11.3. The molecule has 2 aromatic rings. The van der Waals surface area contributed by atoms with Crippen LogP contribution in [0.5, 0.6) is 0 Å². The smallest absolute Gasteiger partial charge is 0.327 e. The van der Waals surface area contributed by atoms with Gasteiger partial charge in [-0.2, -0.15) is 4.98 Å². The van der Waals surface area contributed by atoms with E-state index >= 15 is 0 Å². The molecule has 47 heavy (non-hydrogen) atoms. The molecule has 0 bridgehead atoms. The summed E-state index contributed by atoms with van der Waals surface area (Å²) in [5, 5.41) is 30.3. The summed E-state index contributed by atoms with van der Waals surface area (Å²) in [5.74, 6) is -1.41. The van der Waals surface area contributed by atoms with Crippen molar-refractivity contribution in [1.82, 2.24) is 19.9 Å². The number of aromatic nitrogens is 4. The fourth-order valence-electron chi connectivity index (χ4n) is 7.04. The summed E-state index contributed by atoms with van der Waals surface area (Å²) in [4.78, 5) is 26.3. The van der Waals surface area contributed by atoms with Crippen molar-refractivity contribution in [1.29, 1.82) is 0 Å². The number of aliphatic hydroxyl groups excluding tert-OH is 2. The first kappa shape index (κ1) is 38.6. The minimum Gasteiger partial charge on any atom is -0.396 e. The summed E-state index contributed by atoms with van der Waals surface area (Å²) in [6.45, 7) is 7.39. The molecule has 2 aromatic heterocycles. The molecule has 262 valence electrons. The second-order valence-corrected chi connectivity index (χ2v) is 14.3. The van der Waals surface area contributed by atoms with Gasteiger partial charge in [0.15, 0.2) is 16.7 Å². The Kier molecular flexibility index (Phi) is 12.3. The maximum absolute atomic E-state index is 11.3. The topological polar surface area (TPSA) is 198 Å². The molecule has 0 spiro atoms. The molecular formula is C28H36Cl4FeN6O8. The maximum Gasteiger partial charge on any atom is 0.327 e. The molecule has 4 fully saturated rings. The van der Waals surface area contributed by atoms with Crippen LogP contribution in [0.25, 0.3) is 0 Å². The Morgan fingerprint density at radius 3 is 1.55 bits per heavy atom. The van der Waals surface area contributed by atoms with Gasteiger partial charge in [0.05, 0.1) is 40.7 Å². The monoisotopic (exact) mass is 780 g/mol. The molecule has 0 amide bonds. The second kappa shape index (κ2) is 15.0. The normalized spacial score (nSPS) is 31.4. The Morgan fingerprint density at radius 2 is 1.13 bits per heavy atom. The first-order valence-corrected chi connectivity index (χ1v) is 16.3. The number of nitrogens with zero attached hydrogens (tertiary/aromatic N) is 5. The third-order valence-electron chi connectivity index (χ3n) is 8.80. The van der Waals surface area contributed by atoms with Crippen molar-refractivity contribution < 1.29 is 51.2 Å². The summed E-state index contributed by atoms with van der Waals surface area (Å²) >= 11 is 23.5. The van der Waals surface area contributed by atoms with Crippen LogP contribution in [0.3, 0.4) is 0 Å². The van der Waals surface area contributed by atoms with Gasteiger partial charge in [0.1, 0.15) is 5.69 Å². The third-order valence-corrected chi connectivity index (χ3v) is 9.69. The largest absolute Gasteiger partial charge is 0.396 e. The summed E-state index contributed by atoms with van der Waals surface area (Å²) in [6.07, 6.45) is 1.46. The average Bonchev–Trinajstić information content (AvgIpc) is 3.63. The predicted octanol–water partition coefficient (Wildman–Crippen LogP) is 4.44. The average molecular weight is 782 g/mol. The number of anilines is 1. The van der Waals surface area contributed by atoms with Gasteiger partial charge in [0.25, 0.3) is 0 Å². The van der Waals surface area contributed by atoms with E-state index in [-0.39, 0.29) is 117 Å². The number of hydrogen-bond donors (Lipinski definition) is 3. The van der Waals surface area contributed by atoms with Crippen LogP contribution < -0.4 is 5.73 Å². The summed E-state index contributed by atoms with van der Waals surface area (Å²) < 4.78 is 23.7. The van der Waals surface area contributed by atoms with E-state index < -0.39 is 16.5 Å². The molecule has 4 aliphatic rings. The zero-order valence-corrected chi connectivity index (χ0v) is 30.0. The number of halogens is 4. The second-order valence-electron chi connectivity index (χ2n) is 12.9. The van der Waals surface area contributed by atoms with Crippen molar-refractivity contribution in [2.75, 3.05) is 18.9 Å². The third kappa shape index (κ3) is 8.41. The zero-order valence-electron chi connectivity index (χ0n) is 25.9. The number of aliphatic hydroxyl groups is 2. The van der Waals surface area contributed by atoms with Gasteiger partial charge in [-0.15, -0.1) is 0 Å². The van der Waals surface area contributed by atoms with E-state index in [0.29, 0.717) is 24.2 Å². The van der Waals surface area contributed by atoms with Crippen LogP contribution in [0.4, 0.5) is 11.4 Å². The van der Waals surface area contributed by atoms with Crippen LogP contribution in [0.1, 0.15) is 51.9 Å². The molecule has 0 radical (unpaired) electrons. The van der Waals surface area contributed by atoms with Crippen molar-refractivity contribution in [3.63, 3.8) is 0 Å². The van der Waals surface area contributed by atoms with Crippen molar-refractivity contribution >= 4 is 57.8 Å². The first-order chi connectivity index (χ1) is 21.5. The summed E-state index contributed by atoms with van der Waals surface area (Å²) in [5.41, 5.74) is 6.73. The van der Waals surface area contributed by atoms with Crippen LogP contribution in [0.15, 0.2) is 0 Å². The molecule has 4 heterocycles. The Labute approximate surface area is 301 Å². The van der Waals surface area contributed by atoms with Crippen molar-refractivity contribution in [3.8, 4) is 0 Å². The number of nitro groups is 1. The standard InChI is InChI=1S/C14H17Cl2N3O5.C14H19Cl2N3O3.Fe/c1-14(2)23-10-6(3-7(5-20)11(10)24-14)4-8-9(19(21)22)12(15)18-13(16)17-8;1-14(2)21-10-6(3-7(5-20)11(10)22-14)4-8-9(17)12(15)19-13(16)18-8;/h6-7,10-11,20H,3-5H2,1-2H3;6-7,10-11,20H,3-5,17H2,1-2H3;/t2*6-,7+,10-,11+;/m00./s1. The van der Waals surface area contributed by atoms with E-state index in [1.165, 1.54) is 0 Å². The van der Waals surface area contributed by atoms with E-state index in [2.05, 4.69) is 19.9 Å². The van der Waals surface area contributed by atoms with Gasteiger partial charge in [-0.25, -0.2) is 15.0 Å². The van der Waals surface area contributed by atoms with Gasteiger partial charge in [-0.05, 0) is 82.0 Å². The molecule has 6 rings (SSSR count). The quantitative estimate of drug-likeness (QED) is 0.117.